The lowest BCUT2D eigenvalue weighted by molar-refractivity contribution is -0.122. The summed E-state index contributed by atoms with van der Waals surface area (Å²) in [6.45, 7) is 0.000399. The minimum Gasteiger partial charge on any atom is -0.484 e. The zero-order valence-electron chi connectivity index (χ0n) is 11.6. The maximum Gasteiger partial charge on any atom is 0.257 e. The molecule has 1 amide bonds. The van der Waals surface area contributed by atoms with Crippen molar-refractivity contribution in [2.75, 3.05) is 20.7 Å². The molecule has 20 heavy (non-hydrogen) atoms. The van der Waals surface area contributed by atoms with Crippen LogP contribution in [0.2, 0.25) is 0 Å². The molecule has 0 aliphatic carbocycles. The van der Waals surface area contributed by atoms with E-state index < -0.39 is 0 Å². The van der Waals surface area contributed by atoms with E-state index in [-0.39, 0.29) is 24.3 Å². The summed E-state index contributed by atoms with van der Waals surface area (Å²) >= 11 is 0. The van der Waals surface area contributed by atoms with Gasteiger partial charge in [0.1, 0.15) is 5.75 Å². The summed E-state index contributed by atoms with van der Waals surface area (Å²) in [4.78, 5) is 24.6. The van der Waals surface area contributed by atoms with Crippen molar-refractivity contribution in [3.05, 3.63) is 42.1 Å². The molecule has 0 aromatic heterocycles. The lowest BCUT2D eigenvalue weighted by Gasteiger charge is -2.29. The van der Waals surface area contributed by atoms with E-state index in [9.17, 15) is 9.59 Å². The number of likely N-dealkylation sites (N-methyl/N-ethyl adjacent to an activating group) is 1. The van der Waals surface area contributed by atoms with Crippen molar-refractivity contribution in [2.45, 2.75) is 12.5 Å². The fourth-order valence-electron chi connectivity index (χ4n) is 2.07. The zero-order chi connectivity index (χ0) is 14.5. The molecule has 5 nitrogen and oxygen atoms in total. The topological polar surface area (TPSA) is 58.6 Å². The normalized spacial score (nSPS) is 18.0. The number of rotatable bonds is 4. The number of hydrogen-bond donors (Lipinski definition) is 1. The molecule has 0 radical (unpaired) electrons. The third-order valence-electron chi connectivity index (χ3n) is 3.30. The van der Waals surface area contributed by atoms with Crippen molar-refractivity contribution >= 4 is 11.7 Å². The minimum atomic E-state index is -0.170. The molecule has 0 spiro atoms. The molecule has 1 aromatic carbocycles. The second-order valence-corrected chi connectivity index (χ2v) is 4.70. The fourth-order valence-corrected chi connectivity index (χ4v) is 2.07. The first-order valence-corrected chi connectivity index (χ1v) is 6.46. The third-order valence-corrected chi connectivity index (χ3v) is 3.30. The average molecular weight is 274 g/mol. The molecular weight excluding hydrogens is 256 g/mol. The molecule has 0 saturated heterocycles. The number of ketones is 1. The van der Waals surface area contributed by atoms with E-state index in [0.29, 0.717) is 12.2 Å². The van der Waals surface area contributed by atoms with E-state index in [4.69, 9.17) is 4.74 Å². The Hall–Kier alpha value is -2.30. The largest absolute Gasteiger partial charge is 0.484 e. The molecule has 5 heteroatoms. The lowest BCUT2D eigenvalue weighted by atomic mass is 9.98. The number of ether oxygens (including phenoxy) is 1. The smallest absolute Gasteiger partial charge is 0.257 e. The van der Waals surface area contributed by atoms with Gasteiger partial charge in [0.25, 0.3) is 5.91 Å². The second-order valence-electron chi connectivity index (χ2n) is 4.70. The highest BCUT2D eigenvalue weighted by Gasteiger charge is 2.21. The van der Waals surface area contributed by atoms with Gasteiger partial charge in [-0.15, -0.1) is 0 Å². The van der Waals surface area contributed by atoms with Gasteiger partial charge >= 0.3 is 0 Å². The van der Waals surface area contributed by atoms with Crippen molar-refractivity contribution in [1.29, 1.82) is 0 Å². The van der Waals surface area contributed by atoms with Crippen molar-refractivity contribution in [3.63, 3.8) is 0 Å². The van der Waals surface area contributed by atoms with Crippen LogP contribution in [0.3, 0.4) is 0 Å². The fraction of sp³-hybridized carbons (Fsp3) is 0.333. The number of nitrogens with zero attached hydrogens (tertiary/aromatic N) is 1. The maximum absolute atomic E-state index is 11.5. The molecule has 106 valence electrons. The van der Waals surface area contributed by atoms with Gasteiger partial charge in [0.2, 0.25) is 0 Å². The molecule has 1 aliphatic rings. The van der Waals surface area contributed by atoms with Gasteiger partial charge in [0.15, 0.2) is 12.4 Å². The van der Waals surface area contributed by atoms with Crippen LogP contribution >= 0.6 is 0 Å². The number of allylic oxidation sites excluding steroid dienone is 1. The number of carbonyl (C=O) groups excluding carboxylic acids is 2. The molecule has 0 saturated carbocycles. The van der Waals surface area contributed by atoms with E-state index in [2.05, 4.69) is 5.32 Å². The molecule has 1 heterocycles. The average Bonchev–Trinajstić information content (AvgIpc) is 2.48. The van der Waals surface area contributed by atoms with Crippen LogP contribution in [-0.4, -0.2) is 37.3 Å². The predicted octanol–water partition coefficient (Wildman–Crippen LogP) is 1.27. The lowest BCUT2D eigenvalue weighted by Crippen LogP contribution is -2.25. The summed E-state index contributed by atoms with van der Waals surface area (Å²) in [5.74, 6) is 0.600. The molecule has 1 aromatic rings. The predicted molar refractivity (Wildman–Crippen MR) is 75.3 cm³/mol. The van der Waals surface area contributed by atoms with E-state index in [1.807, 2.05) is 36.2 Å². The first kappa shape index (κ1) is 14.1. The molecule has 0 fully saturated rings. The van der Waals surface area contributed by atoms with Crippen molar-refractivity contribution < 1.29 is 14.3 Å². The van der Waals surface area contributed by atoms with Crippen LogP contribution in [0.25, 0.3) is 0 Å². The van der Waals surface area contributed by atoms with E-state index in [0.717, 1.165) is 5.56 Å². The Morgan fingerprint density at radius 2 is 2.10 bits per heavy atom. The highest BCUT2D eigenvalue weighted by molar-refractivity contribution is 5.90. The number of nitrogens with one attached hydrogen (secondary N) is 1. The molecule has 0 bridgehead atoms. The van der Waals surface area contributed by atoms with Crippen LogP contribution in [0.4, 0.5) is 0 Å². The van der Waals surface area contributed by atoms with Crippen LogP contribution in [0.5, 0.6) is 5.75 Å². The first-order valence-electron chi connectivity index (χ1n) is 6.46. The second kappa shape index (κ2) is 6.23. The van der Waals surface area contributed by atoms with Gasteiger partial charge in [0, 0.05) is 26.7 Å². The third kappa shape index (κ3) is 3.38. The van der Waals surface area contributed by atoms with Crippen molar-refractivity contribution in [3.8, 4) is 5.75 Å². The Balaban J connectivity index is 2.02. The van der Waals surface area contributed by atoms with Crippen LogP contribution in [0.1, 0.15) is 18.0 Å². The summed E-state index contributed by atoms with van der Waals surface area (Å²) in [5, 5.41) is 2.49. The zero-order valence-corrected chi connectivity index (χ0v) is 11.6. The van der Waals surface area contributed by atoms with Gasteiger partial charge < -0.3 is 15.0 Å². The van der Waals surface area contributed by atoms with Crippen molar-refractivity contribution in [2.24, 2.45) is 0 Å². The summed E-state index contributed by atoms with van der Waals surface area (Å²) in [5.41, 5.74) is 1.05. The number of amides is 1. The maximum atomic E-state index is 11.5. The summed E-state index contributed by atoms with van der Waals surface area (Å²) in [7, 11) is 3.52. The standard InChI is InChI=1S/C15H18N2O3/c1-16-15(19)10-20-13-5-3-11(4-6-13)14-9-12(18)7-8-17(14)2/h3-8,14H,9-10H2,1-2H3,(H,16,19). The molecule has 1 N–H and O–H groups in total. The van der Waals surface area contributed by atoms with E-state index in [1.54, 1.807) is 19.3 Å². The Morgan fingerprint density at radius 1 is 1.40 bits per heavy atom. The Kier molecular flexibility index (Phi) is 4.40. The first-order chi connectivity index (χ1) is 9.60. The molecule has 1 atom stereocenters. The monoisotopic (exact) mass is 274 g/mol. The SMILES string of the molecule is CNC(=O)COc1ccc(C2CC(=O)C=CN2C)cc1. The van der Waals surface area contributed by atoms with E-state index in [1.165, 1.54) is 0 Å². The van der Waals surface area contributed by atoms with Gasteiger partial charge in [0.05, 0.1) is 6.04 Å². The number of benzene rings is 1. The van der Waals surface area contributed by atoms with Gasteiger partial charge in [-0.25, -0.2) is 0 Å². The summed E-state index contributed by atoms with van der Waals surface area (Å²) in [6.07, 6.45) is 3.87. The Morgan fingerprint density at radius 3 is 2.75 bits per heavy atom. The van der Waals surface area contributed by atoms with Crippen LogP contribution in [0.15, 0.2) is 36.5 Å². The van der Waals surface area contributed by atoms with E-state index >= 15 is 0 Å². The molecule has 2 rings (SSSR count). The Labute approximate surface area is 118 Å². The minimum absolute atomic E-state index is 0.000399. The molecule has 1 unspecified atom stereocenters. The Bertz CT molecular complexity index is 522. The van der Waals surface area contributed by atoms with Gasteiger partial charge in [-0.3, -0.25) is 9.59 Å². The summed E-state index contributed by atoms with van der Waals surface area (Å²) < 4.78 is 5.34. The summed E-state index contributed by atoms with van der Waals surface area (Å²) in [6, 6.07) is 7.53. The van der Waals surface area contributed by atoms with Crippen molar-refractivity contribution in [1.82, 2.24) is 10.2 Å². The van der Waals surface area contributed by atoms with Gasteiger partial charge in [-0.1, -0.05) is 12.1 Å². The quantitative estimate of drug-likeness (QED) is 0.898. The number of hydrogen-bond acceptors (Lipinski definition) is 4. The highest BCUT2D eigenvalue weighted by atomic mass is 16.5. The van der Waals surface area contributed by atoms with Gasteiger partial charge in [-0.2, -0.15) is 0 Å². The van der Waals surface area contributed by atoms with Crippen LogP contribution < -0.4 is 10.1 Å². The molecular formula is C15H18N2O3. The highest BCUT2D eigenvalue weighted by Crippen LogP contribution is 2.28. The molecule has 1 aliphatic heterocycles. The van der Waals surface area contributed by atoms with Crippen LogP contribution in [-0.2, 0) is 9.59 Å². The van der Waals surface area contributed by atoms with Crippen LogP contribution in [0, 0.1) is 0 Å². The number of carbonyl (C=O) groups is 2. The van der Waals surface area contributed by atoms with Gasteiger partial charge in [-0.05, 0) is 23.8 Å².